The van der Waals surface area contributed by atoms with Crippen molar-refractivity contribution in [3.63, 3.8) is 0 Å². The molecule has 0 aliphatic carbocycles. The summed E-state index contributed by atoms with van der Waals surface area (Å²) in [5.74, 6) is 2.10. The van der Waals surface area contributed by atoms with Gasteiger partial charge in [0, 0.05) is 23.1 Å². The number of carbonyl (C=O) groups is 4. The minimum Gasteiger partial charge on any atom is -0.497 e. The summed E-state index contributed by atoms with van der Waals surface area (Å²) in [7, 11) is 1.66. The van der Waals surface area contributed by atoms with Gasteiger partial charge in [0.25, 0.3) is 17.7 Å². The number of fused-ring (bicyclic) bond motifs is 1. The van der Waals surface area contributed by atoms with Crippen molar-refractivity contribution in [2.24, 2.45) is 5.92 Å². The first-order valence-corrected chi connectivity index (χ1v) is 19.8. The summed E-state index contributed by atoms with van der Waals surface area (Å²) in [4.78, 5) is 54.1. The molecule has 5 aromatic carbocycles. The lowest BCUT2D eigenvalue weighted by atomic mass is 9.78. The predicted molar refractivity (Wildman–Crippen MR) is 226 cm³/mol. The fourth-order valence-electron chi connectivity index (χ4n) is 7.41. The summed E-state index contributed by atoms with van der Waals surface area (Å²) in [6, 6.07) is 33.4. The molecule has 1 N–H and O–H groups in total. The van der Waals surface area contributed by atoms with Gasteiger partial charge in [0.1, 0.15) is 28.7 Å². The van der Waals surface area contributed by atoms with Crippen molar-refractivity contribution >= 4 is 24.0 Å². The van der Waals surface area contributed by atoms with Crippen LogP contribution in [-0.2, 0) is 5.41 Å². The number of ether oxygens (including phenoxy) is 3. The van der Waals surface area contributed by atoms with E-state index in [1.165, 1.54) is 4.90 Å². The summed E-state index contributed by atoms with van der Waals surface area (Å²) in [5, 5.41) is 2.97. The summed E-state index contributed by atoms with van der Waals surface area (Å²) in [6.45, 7) is 12.7. The smallest absolute Gasteiger partial charge is 0.262 e. The molecule has 0 fully saturated rings. The van der Waals surface area contributed by atoms with Gasteiger partial charge in [-0.2, -0.15) is 0 Å². The van der Waals surface area contributed by atoms with Gasteiger partial charge in [0.2, 0.25) is 0 Å². The van der Waals surface area contributed by atoms with Crippen LogP contribution in [0.3, 0.4) is 0 Å². The molecule has 0 saturated carbocycles. The van der Waals surface area contributed by atoms with Crippen molar-refractivity contribution in [3.8, 4) is 28.7 Å². The van der Waals surface area contributed by atoms with Gasteiger partial charge in [0.05, 0.1) is 23.8 Å². The largest absolute Gasteiger partial charge is 0.497 e. The second-order valence-electron chi connectivity index (χ2n) is 16.0. The Hall–Kier alpha value is -6.22. The lowest BCUT2D eigenvalue weighted by Gasteiger charge is -2.37. The van der Waals surface area contributed by atoms with Crippen LogP contribution in [0.25, 0.3) is 0 Å². The van der Waals surface area contributed by atoms with Crippen LogP contribution in [0.15, 0.2) is 109 Å². The molecular weight excluding hydrogens is 729 g/mol. The van der Waals surface area contributed by atoms with Crippen molar-refractivity contribution in [3.05, 3.63) is 148 Å². The van der Waals surface area contributed by atoms with Gasteiger partial charge < -0.3 is 19.5 Å². The third-order valence-electron chi connectivity index (χ3n) is 11.5. The molecular formula is C49H52N2O7. The topological polar surface area (TPSA) is 111 Å². The highest BCUT2D eigenvalue weighted by Crippen LogP contribution is 2.38. The number of benzene rings is 5. The van der Waals surface area contributed by atoms with Crippen LogP contribution in [-0.4, -0.2) is 48.1 Å². The van der Waals surface area contributed by atoms with E-state index in [0.29, 0.717) is 59.8 Å². The fraction of sp³-hybridized carbons (Fsp3) is 0.306. The van der Waals surface area contributed by atoms with Crippen LogP contribution >= 0.6 is 0 Å². The molecule has 0 spiro atoms. The maximum Gasteiger partial charge on any atom is 0.262 e. The molecule has 2 atom stereocenters. The maximum absolute atomic E-state index is 13.9. The number of hydrogen-bond acceptors (Lipinski definition) is 7. The van der Waals surface area contributed by atoms with Crippen molar-refractivity contribution in [1.29, 1.82) is 0 Å². The van der Waals surface area contributed by atoms with Gasteiger partial charge in [0.15, 0.2) is 6.29 Å². The van der Waals surface area contributed by atoms with Crippen molar-refractivity contribution < 1.29 is 33.4 Å². The number of aryl methyl sites for hydroxylation is 1. The number of imide groups is 1. The number of carbonyl (C=O) groups excluding carboxylic acids is 4. The molecule has 1 heterocycles. The summed E-state index contributed by atoms with van der Waals surface area (Å²) >= 11 is 0. The van der Waals surface area contributed by atoms with E-state index in [1.807, 2.05) is 88.4 Å². The van der Waals surface area contributed by atoms with Crippen LogP contribution in [0, 0.1) is 12.8 Å². The molecule has 3 amide bonds. The molecule has 300 valence electrons. The standard InChI is InChI=1S/C49H52N2O7/c1-8-49(6,27-9-10-33(3)30-50-45(53)43-28-40(20-13-34(43)31-52)57-38-18-11-32(2)12-19-38)51-46(54)42-26-25-41(29-44(42)47(51)55)58-39-23-16-36(17-24-39)48(4,5)35-14-21-37(56-7)22-15-35/h11-26,28-29,31,33H,8-10,27,30H2,1-7H3,(H,50,53). The van der Waals surface area contributed by atoms with Crippen LogP contribution in [0.5, 0.6) is 28.7 Å². The summed E-state index contributed by atoms with van der Waals surface area (Å²) < 4.78 is 17.4. The maximum atomic E-state index is 13.9. The average molecular weight is 781 g/mol. The van der Waals surface area contributed by atoms with Gasteiger partial charge in [-0.3, -0.25) is 24.1 Å². The molecule has 0 bridgehead atoms. The number of methoxy groups -OCH3 is 1. The molecule has 1 aliphatic rings. The molecule has 6 rings (SSSR count). The van der Waals surface area contributed by atoms with Crippen molar-refractivity contribution in [1.82, 2.24) is 10.2 Å². The zero-order valence-corrected chi connectivity index (χ0v) is 34.4. The third kappa shape index (κ3) is 8.99. The fourth-order valence-corrected chi connectivity index (χ4v) is 7.41. The monoisotopic (exact) mass is 780 g/mol. The van der Waals surface area contributed by atoms with Gasteiger partial charge in [-0.15, -0.1) is 0 Å². The first-order chi connectivity index (χ1) is 27.8. The highest BCUT2D eigenvalue weighted by Gasteiger charge is 2.45. The summed E-state index contributed by atoms with van der Waals surface area (Å²) in [6.07, 6.45) is 3.33. The Kier molecular flexibility index (Phi) is 12.5. The van der Waals surface area contributed by atoms with Crippen LogP contribution in [0.1, 0.15) is 118 Å². The van der Waals surface area contributed by atoms with Crippen LogP contribution < -0.4 is 19.5 Å². The molecule has 9 nitrogen and oxygen atoms in total. The normalized spacial score (nSPS) is 14.0. The van der Waals surface area contributed by atoms with E-state index < -0.39 is 5.54 Å². The van der Waals surface area contributed by atoms with Gasteiger partial charge >= 0.3 is 0 Å². The van der Waals surface area contributed by atoms with Crippen LogP contribution in [0.2, 0.25) is 0 Å². The average Bonchev–Trinajstić information content (AvgIpc) is 3.49. The third-order valence-corrected chi connectivity index (χ3v) is 11.5. The summed E-state index contributed by atoms with van der Waals surface area (Å²) in [5.41, 5.74) is 3.64. The van der Waals surface area contributed by atoms with Crippen LogP contribution in [0.4, 0.5) is 0 Å². The molecule has 9 heteroatoms. The Morgan fingerprint density at radius 1 is 0.741 bits per heavy atom. The highest BCUT2D eigenvalue weighted by atomic mass is 16.5. The van der Waals surface area contributed by atoms with Crippen molar-refractivity contribution in [2.75, 3.05) is 13.7 Å². The van der Waals surface area contributed by atoms with Gasteiger partial charge in [-0.05, 0) is 123 Å². The Morgan fingerprint density at radius 2 is 1.28 bits per heavy atom. The molecule has 58 heavy (non-hydrogen) atoms. The molecule has 0 aromatic heterocycles. The number of aldehydes is 1. The molecule has 5 aromatic rings. The van der Waals surface area contributed by atoms with E-state index in [1.54, 1.807) is 43.5 Å². The first kappa shape index (κ1) is 41.4. The number of nitrogens with zero attached hydrogens (tertiary/aromatic N) is 1. The minimum atomic E-state index is -0.708. The van der Waals surface area contributed by atoms with E-state index in [2.05, 4.69) is 31.3 Å². The Balaban J connectivity index is 1.04. The Labute approximate surface area is 341 Å². The Bertz CT molecular complexity index is 2280. The second kappa shape index (κ2) is 17.5. The molecule has 2 unspecified atom stereocenters. The Morgan fingerprint density at radius 3 is 1.86 bits per heavy atom. The first-order valence-electron chi connectivity index (χ1n) is 19.8. The van der Waals surface area contributed by atoms with Gasteiger partial charge in [-0.1, -0.05) is 76.1 Å². The number of nitrogens with one attached hydrogen (secondary N) is 1. The minimum absolute atomic E-state index is 0.0983. The lowest BCUT2D eigenvalue weighted by molar-refractivity contribution is 0.0418. The molecule has 0 saturated heterocycles. The SMILES string of the molecule is CCC(C)(CCCC(C)CNC(=O)c1cc(Oc2ccc(C)cc2)ccc1C=O)N1C(=O)c2ccc(Oc3ccc(C(C)(C)c4ccc(OC)cc4)cc3)cc2C1=O. The lowest BCUT2D eigenvalue weighted by Crippen LogP contribution is -2.49. The van der Waals surface area contributed by atoms with Crippen molar-refractivity contribution in [2.45, 2.75) is 78.2 Å². The van der Waals surface area contributed by atoms with E-state index >= 15 is 0 Å². The quantitative estimate of drug-likeness (QED) is 0.0739. The number of hydrogen-bond donors (Lipinski definition) is 1. The zero-order chi connectivity index (χ0) is 41.6. The van der Waals surface area contributed by atoms with Gasteiger partial charge in [-0.25, -0.2) is 0 Å². The highest BCUT2D eigenvalue weighted by molar-refractivity contribution is 6.22. The van der Waals surface area contributed by atoms with E-state index in [9.17, 15) is 19.2 Å². The zero-order valence-electron chi connectivity index (χ0n) is 34.4. The van der Waals surface area contributed by atoms with E-state index in [-0.39, 0.29) is 40.2 Å². The van der Waals surface area contributed by atoms with E-state index in [4.69, 9.17) is 14.2 Å². The molecule has 1 aliphatic heterocycles. The number of amides is 3. The van der Waals surface area contributed by atoms with E-state index in [0.717, 1.165) is 35.3 Å². The second-order valence-corrected chi connectivity index (χ2v) is 16.0. The number of rotatable bonds is 17. The predicted octanol–water partition coefficient (Wildman–Crippen LogP) is 10.7. The molecule has 0 radical (unpaired) electrons.